The minimum Gasteiger partial charge on any atom is -0.383 e. The molecule has 0 radical (unpaired) electrons. The average Bonchev–Trinajstić information content (AvgIpc) is 3.04. The van der Waals surface area contributed by atoms with Crippen LogP contribution in [0, 0.1) is 5.82 Å². The smallest absolute Gasteiger partial charge is 0.292 e. The normalized spacial score (nSPS) is 10.7. The Balaban J connectivity index is 1.92. The number of anilines is 1. The standard InChI is InChI=1S/C18H17FN4O3/c1-26-11-9-20-17(24)15-14-8-4-5-10-23(14)16(22-15)18(25)21-13-7-3-2-6-12(13)19/h2-8,10H,9,11H2,1H3,(H,20,24)(H,21,25). The molecule has 0 bridgehead atoms. The number of ether oxygens (including phenoxy) is 1. The number of methoxy groups -OCH3 is 1. The number of carbonyl (C=O) groups excluding carboxylic acids is 2. The van der Waals surface area contributed by atoms with Crippen LogP contribution in [0.5, 0.6) is 0 Å². The second-order valence-corrected chi connectivity index (χ2v) is 5.42. The molecule has 0 aliphatic rings. The highest BCUT2D eigenvalue weighted by Crippen LogP contribution is 2.17. The van der Waals surface area contributed by atoms with Crippen LogP contribution in [0.25, 0.3) is 5.52 Å². The zero-order valence-corrected chi connectivity index (χ0v) is 14.0. The average molecular weight is 356 g/mol. The van der Waals surface area contributed by atoms with E-state index < -0.39 is 17.6 Å². The number of imidazole rings is 1. The molecule has 1 aromatic carbocycles. The van der Waals surface area contributed by atoms with E-state index in [4.69, 9.17) is 4.74 Å². The summed E-state index contributed by atoms with van der Waals surface area (Å²) in [4.78, 5) is 29.1. The van der Waals surface area contributed by atoms with Gasteiger partial charge in [-0.1, -0.05) is 18.2 Å². The second kappa shape index (κ2) is 7.75. The predicted octanol–water partition coefficient (Wildman–Crippen LogP) is 2.10. The van der Waals surface area contributed by atoms with Gasteiger partial charge in [0, 0.05) is 19.9 Å². The minimum atomic E-state index is -0.618. The number of nitrogens with one attached hydrogen (secondary N) is 2. The van der Waals surface area contributed by atoms with Crippen molar-refractivity contribution in [1.82, 2.24) is 14.7 Å². The number of pyridine rings is 1. The quantitative estimate of drug-likeness (QED) is 0.663. The van der Waals surface area contributed by atoms with Gasteiger partial charge in [-0.05, 0) is 24.3 Å². The molecule has 3 aromatic rings. The maximum Gasteiger partial charge on any atom is 0.292 e. The molecule has 3 rings (SSSR count). The van der Waals surface area contributed by atoms with Crippen LogP contribution in [0.2, 0.25) is 0 Å². The van der Waals surface area contributed by atoms with E-state index in [9.17, 15) is 14.0 Å². The lowest BCUT2D eigenvalue weighted by molar-refractivity contribution is 0.0934. The lowest BCUT2D eigenvalue weighted by atomic mass is 10.3. The van der Waals surface area contributed by atoms with Crippen LogP contribution in [0.1, 0.15) is 21.1 Å². The molecule has 2 heterocycles. The van der Waals surface area contributed by atoms with E-state index >= 15 is 0 Å². The van der Waals surface area contributed by atoms with Gasteiger partial charge in [-0.25, -0.2) is 9.37 Å². The van der Waals surface area contributed by atoms with Gasteiger partial charge >= 0.3 is 0 Å². The first-order valence-electron chi connectivity index (χ1n) is 7.92. The SMILES string of the molecule is COCCNC(=O)c1nc(C(=O)Nc2ccccc2F)n2ccccc12. The van der Waals surface area contributed by atoms with Gasteiger partial charge in [0.1, 0.15) is 5.82 Å². The fraction of sp³-hybridized carbons (Fsp3) is 0.167. The maximum atomic E-state index is 13.8. The molecule has 0 atom stereocenters. The fourth-order valence-corrected chi connectivity index (χ4v) is 2.46. The highest BCUT2D eigenvalue weighted by molar-refractivity contribution is 6.06. The van der Waals surface area contributed by atoms with Crippen LogP contribution >= 0.6 is 0 Å². The second-order valence-electron chi connectivity index (χ2n) is 5.42. The zero-order chi connectivity index (χ0) is 18.5. The van der Waals surface area contributed by atoms with E-state index in [2.05, 4.69) is 15.6 Å². The van der Waals surface area contributed by atoms with E-state index in [0.29, 0.717) is 18.7 Å². The molecule has 26 heavy (non-hydrogen) atoms. The number of fused-ring (bicyclic) bond motifs is 1. The van der Waals surface area contributed by atoms with Gasteiger partial charge in [0.25, 0.3) is 11.8 Å². The third-order valence-corrected chi connectivity index (χ3v) is 3.68. The van der Waals surface area contributed by atoms with E-state index in [1.54, 1.807) is 30.5 Å². The lowest BCUT2D eigenvalue weighted by Gasteiger charge is -2.05. The molecule has 0 aliphatic carbocycles. The summed E-state index contributed by atoms with van der Waals surface area (Å²) >= 11 is 0. The topological polar surface area (TPSA) is 84.7 Å². The zero-order valence-electron chi connectivity index (χ0n) is 14.0. The first kappa shape index (κ1) is 17.6. The number of rotatable bonds is 6. The number of amides is 2. The van der Waals surface area contributed by atoms with Crippen molar-refractivity contribution >= 4 is 23.0 Å². The van der Waals surface area contributed by atoms with E-state index in [1.807, 2.05) is 0 Å². The molecule has 0 aliphatic heterocycles. The largest absolute Gasteiger partial charge is 0.383 e. The Morgan fingerprint density at radius 1 is 1.15 bits per heavy atom. The van der Waals surface area contributed by atoms with Crippen molar-refractivity contribution in [3.05, 3.63) is 66.0 Å². The van der Waals surface area contributed by atoms with Gasteiger partial charge in [-0.3, -0.25) is 14.0 Å². The number of hydrogen-bond acceptors (Lipinski definition) is 4. The summed E-state index contributed by atoms with van der Waals surface area (Å²) in [7, 11) is 1.53. The maximum absolute atomic E-state index is 13.8. The van der Waals surface area contributed by atoms with E-state index in [-0.39, 0.29) is 17.2 Å². The monoisotopic (exact) mass is 356 g/mol. The Labute approximate surface area is 148 Å². The number of benzene rings is 1. The van der Waals surface area contributed by atoms with Crippen LogP contribution in [0.4, 0.5) is 10.1 Å². The highest BCUT2D eigenvalue weighted by atomic mass is 19.1. The number of hydrogen-bond donors (Lipinski definition) is 2. The highest BCUT2D eigenvalue weighted by Gasteiger charge is 2.21. The molecule has 0 unspecified atom stereocenters. The number of halogens is 1. The predicted molar refractivity (Wildman–Crippen MR) is 93.8 cm³/mol. The van der Waals surface area contributed by atoms with Gasteiger partial charge < -0.3 is 15.4 Å². The lowest BCUT2D eigenvalue weighted by Crippen LogP contribution is -2.27. The summed E-state index contributed by atoms with van der Waals surface area (Å²) in [6, 6.07) is 10.9. The molecular formula is C18H17FN4O3. The first-order valence-corrected chi connectivity index (χ1v) is 7.92. The van der Waals surface area contributed by atoms with Crippen LogP contribution < -0.4 is 10.6 Å². The van der Waals surface area contributed by atoms with Gasteiger partial charge in [0.15, 0.2) is 5.69 Å². The van der Waals surface area contributed by atoms with E-state index in [1.165, 1.54) is 29.7 Å². The Kier molecular flexibility index (Phi) is 5.23. The van der Waals surface area contributed by atoms with Crippen molar-refractivity contribution in [3.63, 3.8) is 0 Å². The van der Waals surface area contributed by atoms with Gasteiger partial charge in [-0.2, -0.15) is 0 Å². The summed E-state index contributed by atoms with van der Waals surface area (Å²) in [5.74, 6) is -1.61. The Morgan fingerprint density at radius 3 is 2.69 bits per heavy atom. The van der Waals surface area contributed by atoms with Crippen LogP contribution in [0.3, 0.4) is 0 Å². The molecule has 0 saturated carbocycles. The minimum absolute atomic E-state index is 0.0132. The first-order chi connectivity index (χ1) is 12.6. The van der Waals surface area contributed by atoms with Crippen molar-refractivity contribution in [1.29, 1.82) is 0 Å². The molecule has 2 aromatic heterocycles. The summed E-state index contributed by atoms with van der Waals surface area (Å²) in [5.41, 5.74) is 0.623. The summed E-state index contributed by atoms with van der Waals surface area (Å²) < 4.78 is 20.2. The summed E-state index contributed by atoms with van der Waals surface area (Å²) in [6.07, 6.45) is 1.62. The van der Waals surface area contributed by atoms with Crippen molar-refractivity contribution in [2.45, 2.75) is 0 Å². The molecule has 0 spiro atoms. The molecule has 7 nitrogen and oxygen atoms in total. The van der Waals surface area contributed by atoms with Crippen molar-refractivity contribution in [2.75, 3.05) is 25.6 Å². The third kappa shape index (κ3) is 3.55. The molecule has 2 N–H and O–H groups in total. The number of carbonyl (C=O) groups is 2. The Morgan fingerprint density at radius 2 is 1.92 bits per heavy atom. The third-order valence-electron chi connectivity index (χ3n) is 3.68. The summed E-state index contributed by atoms with van der Waals surface area (Å²) in [6.45, 7) is 0.677. The van der Waals surface area contributed by atoms with Crippen LogP contribution in [0.15, 0.2) is 48.7 Å². The van der Waals surface area contributed by atoms with Gasteiger partial charge in [0.05, 0.1) is 17.8 Å². The Hall–Kier alpha value is -3.26. The number of para-hydroxylation sites is 1. The molecular weight excluding hydrogens is 339 g/mol. The van der Waals surface area contributed by atoms with Gasteiger partial charge in [0.2, 0.25) is 5.82 Å². The van der Waals surface area contributed by atoms with Crippen LogP contribution in [-0.4, -0.2) is 41.5 Å². The van der Waals surface area contributed by atoms with Gasteiger partial charge in [-0.15, -0.1) is 0 Å². The van der Waals surface area contributed by atoms with Crippen molar-refractivity contribution in [3.8, 4) is 0 Å². The Bertz CT molecular complexity index is 955. The summed E-state index contributed by atoms with van der Waals surface area (Å²) in [5, 5.41) is 5.15. The molecule has 2 amide bonds. The van der Waals surface area contributed by atoms with Crippen molar-refractivity contribution in [2.24, 2.45) is 0 Å². The number of nitrogens with zero attached hydrogens (tertiary/aromatic N) is 2. The van der Waals surface area contributed by atoms with Crippen LogP contribution in [-0.2, 0) is 4.74 Å². The fourth-order valence-electron chi connectivity index (χ4n) is 2.46. The molecule has 134 valence electrons. The van der Waals surface area contributed by atoms with E-state index in [0.717, 1.165) is 0 Å². The van der Waals surface area contributed by atoms with Crippen molar-refractivity contribution < 1.29 is 18.7 Å². The molecule has 0 saturated heterocycles. The molecule has 8 heteroatoms. The number of aromatic nitrogens is 2. The molecule has 0 fully saturated rings.